The van der Waals surface area contributed by atoms with Gasteiger partial charge in [-0.05, 0) is 12.5 Å². The first kappa shape index (κ1) is 9.37. The predicted octanol–water partition coefficient (Wildman–Crippen LogP) is 1.56. The molecule has 2 nitrogen and oxygen atoms in total. The van der Waals surface area contributed by atoms with Crippen LogP contribution in [-0.4, -0.2) is 19.5 Å². The lowest BCUT2D eigenvalue weighted by atomic mass is 10.4. The molecule has 0 fully saturated rings. The first-order chi connectivity index (χ1) is 4.91. The van der Waals surface area contributed by atoms with Crippen molar-refractivity contribution in [2.75, 3.05) is 13.2 Å². The van der Waals surface area contributed by atoms with Crippen molar-refractivity contribution in [2.45, 2.75) is 19.8 Å². The van der Waals surface area contributed by atoms with Crippen LogP contribution in [0, 0.1) is 0 Å². The van der Waals surface area contributed by atoms with Crippen LogP contribution < -0.4 is 0 Å². The molecule has 58 valence electrons. The number of allylic oxidation sites excluding steroid dienone is 1. The minimum Gasteiger partial charge on any atom is -0.377 e. The van der Waals surface area contributed by atoms with Gasteiger partial charge in [0.05, 0.1) is 6.61 Å². The molecule has 0 heterocycles. The van der Waals surface area contributed by atoms with Crippen LogP contribution in [-0.2, 0) is 9.53 Å². The summed E-state index contributed by atoms with van der Waals surface area (Å²) in [5, 5.41) is 0. The monoisotopic (exact) mass is 142 g/mol. The molecule has 0 saturated carbocycles. The molecular weight excluding hydrogens is 128 g/mol. The second-order valence-electron chi connectivity index (χ2n) is 1.99. The van der Waals surface area contributed by atoms with E-state index in [1.807, 2.05) is 0 Å². The third kappa shape index (κ3) is 7.37. The number of carbonyl (C=O) groups is 1. The van der Waals surface area contributed by atoms with Crippen molar-refractivity contribution in [3.8, 4) is 0 Å². The van der Waals surface area contributed by atoms with Gasteiger partial charge in [0.1, 0.15) is 6.29 Å². The second kappa shape index (κ2) is 8.37. The Hall–Kier alpha value is -0.630. The highest BCUT2D eigenvalue weighted by Gasteiger charge is 1.81. The molecule has 2 heteroatoms. The van der Waals surface area contributed by atoms with Gasteiger partial charge in [-0.1, -0.05) is 19.4 Å². The van der Waals surface area contributed by atoms with Gasteiger partial charge in [0, 0.05) is 6.61 Å². The van der Waals surface area contributed by atoms with E-state index >= 15 is 0 Å². The molecule has 0 N–H and O–H groups in total. The Morgan fingerprint density at radius 3 is 2.90 bits per heavy atom. The number of hydrogen-bond donors (Lipinski definition) is 0. The fourth-order valence-corrected chi connectivity index (χ4v) is 0.509. The Labute approximate surface area is 61.9 Å². The molecule has 0 rings (SSSR count). The fraction of sp³-hybridized carbons (Fsp3) is 0.625. The van der Waals surface area contributed by atoms with E-state index in [2.05, 4.69) is 6.92 Å². The van der Waals surface area contributed by atoms with Gasteiger partial charge in [-0.15, -0.1) is 0 Å². The minimum atomic E-state index is 0.554. The first-order valence-corrected chi connectivity index (χ1v) is 3.60. The normalized spacial score (nSPS) is 10.5. The molecule has 0 radical (unpaired) electrons. The van der Waals surface area contributed by atoms with Crippen molar-refractivity contribution < 1.29 is 9.53 Å². The Balaban J connectivity index is 2.90. The zero-order valence-corrected chi connectivity index (χ0v) is 6.38. The smallest absolute Gasteiger partial charge is 0.142 e. The lowest BCUT2D eigenvalue weighted by molar-refractivity contribution is -0.104. The van der Waals surface area contributed by atoms with Crippen LogP contribution >= 0.6 is 0 Å². The van der Waals surface area contributed by atoms with Crippen LogP contribution in [0.1, 0.15) is 19.8 Å². The van der Waals surface area contributed by atoms with Gasteiger partial charge in [-0.3, -0.25) is 4.79 Å². The fourth-order valence-electron chi connectivity index (χ4n) is 0.509. The number of unbranched alkanes of at least 4 members (excludes halogenated alkanes) is 1. The largest absolute Gasteiger partial charge is 0.377 e. The highest BCUT2D eigenvalue weighted by atomic mass is 16.5. The molecule has 0 spiro atoms. The van der Waals surface area contributed by atoms with Crippen LogP contribution in [0.2, 0.25) is 0 Å². The maximum Gasteiger partial charge on any atom is 0.142 e. The summed E-state index contributed by atoms with van der Waals surface area (Å²) in [6, 6.07) is 0. The van der Waals surface area contributed by atoms with Crippen molar-refractivity contribution in [3.05, 3.63) is 12.2 Å². The number of hydrogen-bond acceptors (Lipinski definition) is 2. The SMILES string of the molecule is CCCCOCC=CC=O. The van der Waals surface area contributed by atoms with Crippen LogP contribution in [0.3, 0.4) is 0 Å². The van der Waals surface area contributed by atoms with E-state index < -0.39 is 0 Å². The summed E-state index contributed by atoms with van der Waals surface area (Å²) >= 11 is 0. The molecule has 0 atom stereocenters. The molecule has 0 aromatic rings. The van der Waals surface area contributed by atoms with Gasteiger partial charge in [-0.2, -0.15) is 0 Å². The molecule has 0 amide bonds. The van der Waals surface area contributed by atoms with Gasteiger partial charge in [0.25, 0.3) is 0 Å². The van der Waals surface area contributed by atoms with Crippen molar-refractivity contribution in [2.24, 2.45) is 0 Å². The van der Waals surface area contributed by atoms with E-state index in [4.69, 9.17) is 4.74 Å². The molecule has 0 aliphatic heterocycles. The predicted molar refractivity (Wildman–Crippen MR) is 40.9 cm³/mol. The number of rotatable bonds is 6. The van der Waals surface area contributed by atoms with Gasteiger partial charge >= 0.3 is 0 Å². The molecule has 0 aliphatic rings. The number of aldehydes is 1. The third-order valence-electron chi connectivity index (χ3n) is 1.07. The van der Waals surface area contributed by atoms with E-state index in [1.54, 1.807) is 6.08 Å². The average molecular weight is 142 g/mol. The Kier molecular flexibility index (Phi) is 7.84. The van der Waals surface area contributed by atoms with Gasteiger partial charge in [0.15, 0.2) is 0 Å². The van der Waals surface area contributed by atoms with E-state index in [0.29, 0.717) is 6.61 Å². The molecule has 0 aromatic heterocycles. The molecular formula is C8H14O2. The number of ether oxygens (including phenoxy) is 1. The van der Waals surface area contributed by atoms with Crippen molar-refractivity contribution >= 4 is 6.29 Å². The summed E-state index contributed by atoms with van der Waals surface area (Å²) in [6.07, 6.45) is 6.16. The van der Waals surface area contributed by atoms with E-state index in [9.17, 15) is 4.79 Å². The van der Waals surface area contributed by atoms with Gasteiger partial charge < -0.3 is 4.74 Å². The number of carbonyl (C=O) groups excluding carboxylic acids is 1. The Bertz CT molecular complexity index is 97.4. The maximum absolute atomic E-state index is 9.75. The highest BCUT2D eigenvalue weighted by molar-refractivity contribution is 5.64. The zero-order valence-electron chi connectivity index (χ0n) is 6.38. The molecule has 0 aromatic carbocycles. The molecule has 10 heavy (non-hydrogen) atoms. The van der Waals surface area contributed by atoms with Gasteiger partial charge in [-0.25, -0.2) is 0 Å². The summed E-state index contributed by atoms with van der Waals surface area (Å²) in [5.41, 5.74) is 0. The standard InChI is InChI=1S/C8H14O2/c1-2-3-7-10-8-5-4-6-9/h4-6H,2-3,7-8H2,1H3. The molecule has 0 aliphatic carbocycles. The lowest BCUT2D eigenvalue weighted by Gasteiger charge is -1.96. The summed E-state index contributed by atoms with van der Waals surface area (Å²) in [6.45, 7) is 3.46. The highest BCUT2D eigenvalue weighted by Crippen LogP contribution is 1.87. The zero-order chi connectivity index (χ0) is 7.66. The summed E-state index contributed by atoms with van der Waals surface area (Å²) in [5.74, 6) is 0. The van der Waals surface area contributed by atoms with Crippen molar-refractivity contribution in [1.82, 2.24) is 0 Å². The third-order valence-corrected chi connectivity index (χ3v) is 1.07. The second-order valence-corrected chi connectivity index (χ2v) is 1.99. The van der Waals surface area contributed by atoms with Crippen molar-refractivity contribution in [1.29, 1.82) is 0 Å². The van der Waals surface area contributed by atoms with Crippen LogP contribution in [0.25, 0.3) is 0 Å². The maximum atomic E-state index is 9.75. The van der Waals surface area contributed by atoms with E-state index in [0.717, 1.165) is 25.7 Å². The summed E-state index contributed by atoms with van der Waals surface area (Å²) in [4.78, 5) is 9.75. The molecule has 0 unspecified atom stereocenters. The van der Waals surface area contributed by atoms with Crippen LogP contribution in [0.15, 0.2) is 12.2 Å². The first-order valence-electron chi connectivity index (χ1n) is 3.60. The summed E-state index contributed by atoms with van der Waals surface area (Å²) in [7, 11) is 0. The topological polar surface area (TPSA) is 26.3 Å². The van der Waals surface area contributed by atoms with Crippen LogP contribution in [0.5, 0.6) is 0 Å². The minimum absolute atomic E-state index is 0.554. The van der Waals surface area contributed by atoms with E-state index in [-0.39, 0.29) is 0 Å². The quantitative estimate of drug-likeness (QED) is 0.319. The molecule has 0 bridgehead atoms. The Morgan fingerprint density at radius 1 is 1.50 bits per heavy atom. The Morgan fingerprint density at radius 2 is 2.30 bits per heavy atom. The summed E-state index contributed by atoms with van der Waals surface area (Å²) < 4.78 is 5.13. The molecule has 0 saturated heterocycles. The van der Waals surface area contributed by atoms with Gasteiger partial charge in [0.2, 0.25) is 0 Å². The van der Waals surface area contributed by atoms with Crippen molar-refractivity contribution in [3.63, 3.8) is 0 Å². The van der Waals surface area contributed by atoms with Crippen LogP contribution in [0.4, 0.5) is 0 Å². The average Bonchev–Trinajstić information content (AvgIpc) is 1.97. The lowest BCUT2D eigenvalue weighted by Crippen LogP contribution is -1.92. The van der Waals surface area contributed by atoms with E-state index in [1.165, 1.54) is 6.08 Å².